The second kappa shape index (κ2) is 8.35. The predicted molar refractivity (Wildman–Crippen MR) is 112 cm³/mol. The van der Waals surface area contributed by atoms with Gasteiger partial charge in [0.25, 0.3) is 5.56 Å². The quantitative estimate of drug-likeness (QED) is 0.633. The van der Waals surface area contributed by atoms with Crippen molar-refractivity contribution < 1.29 is 9.18 Å². The molecular weight excluding hydrogens is 405 g/mol. The Balaban J connectivity index is 1.41. The Hall–Kier alpha value is -3.07. The van der Waals surface area contributed by atoms with E-state index in [1.54, 1.807) is 29.7 Å². The van der Waals surface area contributed by atoms with Gasteiger partial charge in [-0.3, -0.25) is 14.2 Å². The number of carbonyl (C=O) groups is 1. The van der Waals surface area contributed by atoms with Crippen LogP contribution in [0.1, 0.15) is 29.4 Å². The molecule has 1 unspecified atom stereocenters. The molecule has 0 bridgehead atoms. The Morgan fingerprint density at radius 2 is 2.03 bits per heavy atom. The highest BCUT2D eigenvalue weighted by Crippen LogP contribution is 2.32. The van der Waals surface area contributed by atoms with E-state index in [0.29, 0.717) is 27.9 Å². The van der Waals surface area contributed by atoms with Crippen LogP contribution in [0.3, 0.4) is 0 Å². The Labute approximate surface area is 176 Å². The zero-order chi connectivity index (χ0) is 21.3. The zero-order valence-electron chi connectivity index (χ0n) is 16.6. The molecule has 2 aromatic heterocycles. The molecule has 0 fully saturated rings. The fraction of sp³-hybridized carbons (Fsp3) is 0.286. The number of amides is 1. The minimum atomic E-state index is -0.313. The number of carbonyl (C=O) groups excluding carboxylic acids is 1. The van der Waals surface area contributed by atoms with E-state index in [0.717, 1.165) is 11.3 Å². The Morgan fingerprint density at radius 3 is 2.80 bits per heavy atom. The van der Waals surface area contributed by atoms with Crippen molar-refractivity contribution in [1.82, 2.24) is 24.8 Å². The Bertz CT molecular complexity index is 1160. The van der Waals surface area contributed by atoms with Gasteiger partial charge < -0.3 is 5.32 Å². The van der Waals surface area contributed by atoms with Crippen LogP contribution in [0.5, 0.6) is 0 Å². The van der Waals surface area contributed by atoms with Crippen molar-refractivity contribution in [3.8, 4) is 11.3 Å². The number of nitrogens with zero attached hydrogens (tertiary/aromatic N) is 4. The summed E-state index contributed by atoms with van der Waals surface area (Å²) in [7, 11) is 0. The maximum Gasteiger partial charge on any atom is 0.257 e. The second-order valence-electron chi connectivity index (χ2n) is 7.13. The van der Waals surface area contributed by atoms with Crippen LogP contribution in [0.15, 0.2) is 46.6 Å². The maximum absolute atomic E-state index is 13.1. The van der Waals surface area contributed by atoms with Crippen molar-refractivity contribution in [2.24, 2.45) is 0 Å². The summed E-state index contributed by atoms with van der Waals surface area (Å²) in [5.41, 5.74) is 3.32. The number of aryl methyl sites for hydroxylation is 1. The fourth-order valence-electron chi connectivity index (χ4n) is 3.27. The number of benzene rings is 1. The van der Waals surface area contributed by atoms with E-state index in [4.69, 9.17) is 0 Å². The Morgan fingerprint density at radius 1 is 1.27 bits per heavy atom. The number of halogens is 1. The van der Waals surface area contributed by atoms with Gasteiger partial charge in [0.2, 0.25) is 5.91 Å². The first-order chi connectivity index (χ1) is 14.4. The molecule has 3 aromatic rings. The lowest BCUT2D eigenvalue weighted by atomic mass is 10.1. The summed E-state index contributed by atoms with van der Waals surface area (Å²) in [5, 5.41) is 3.52. The average Bonchev–Trinajstić information content (AvgIpc) is 3.13. The first-order valence-electron chi connectivity index (χ1n) is 9.48. The van der Waals surface area contributed by atoms with E-state index >= 15 is 0 Å². The van der Waals surface area contributed by atoms with Gasteiger partial charge in [-0.25, -0.2) is 19.3 Å². The van der Waals surface area contributed by atoms with Crippen molar-refractivity contribution in [2.45, 2.75) is 38.0 Å². The monoisotopic (exact) mass is 425 g/mol. The van der Waals surface area contributed by atoms with E-state index in [1.807, 2.05) is 6.92 Å². The van der Waals surface area contributed by atoms with Crippen LogP contribution < -0.4 is 10.9 Å². The molecule has 154 valence electrons. The lowest BCUT2D eigenvalue weighted by Gasteiger charge is -2.14. The normalized spacial score (nSPS) is 15.1. The summed E-state index contributed by atoms with van der Waals surface area (Å²) < 4.78 is 14.7. The number of fused-ring (bicyclic) bond motifs is 1. The lowest BCUT2D eigenvalue weighted by molar-refractivity contribution is -0.121. The van der Waals surface area contributed by atoms with E-state index in [1.165, 1.54) is 30.2 Å². The van der Waals surface area contributed by atoms with Gasteiger partial charge in [-0.1, -0.05) is 11.8 Å². The van der Waals surface area contributed by atoms with E-state index in [-0.39, 0.29) is 36.3 Å². The molecule has 1 N–H and O–H groups in total. The zero-order valence-corrected chi connectivity index (χ0v) is 17.4. The van der Waals surface area contributed by atoms with Crippen LogP contribution in [-0.4, -0.2) is 31.2 Å². The van der Waals surface area contributed by atoms with Gasteiger partial charge in [-0.2, -0.15) is 0 Å². The van der Waals surface area contributed by atoms with Crippen LogP contribution in [0, 0.1) is 19.7 Å². The molecule has 4 rings (SSSR count). The number of thioether (sulfide) groups is 1. The van der Waals surface area contributed by atoms with Gasteiger partial charge in [-0.15, -0.1) is 0 Å². The highest BCUT2D eigenvalue weighted by atomic mass is 32.2. The molecule has 0 saturated carbocycles. The molecule has 1 atom stereocenters. The standard InChI is InChI=1S/C21H20FN5O2S/c1-12-13(2)26-21-27(20(12)29)17(10-30-21)8-19(28)23-9-16-7-18(25-11-24-16)14-3-5-15(22)6-4-14/h3-7,11,17H,8-10H2,1-2H3,(H,23,28). The number of aromatic nitrogens is 4. The molecule has 1 aliphatic rings. The van der Waals surface area contributed by atoms with E-state index in [9.17, 15) is 14.0 Å². The molecule has 0 aliphatic carbocycles. The van der Waals surface area contributed by atoms with Gasteiger partial charge in [0, 0.05) is 29.0 Å². The molecule has 7 nitrogen and oxygen atoms in total. The number of hydrogen-bond donors (Lipinski definition) is 1. The van der Waals surface area contributed by atoms with Crippen molar-refractivity contribution in [3.05, 3.63) is 69.8 Å². The minimum Gasteiger partial charge on any atom is -0.350 e. The molecule has 3 heterocycles. The number of hydrogen-bond acceptors (Lipinski definition) is 6. The summed E-state index contributed by atoms with van der Waals surface area (Å²) in [6.07, 6.45) is 1.61. The van der Waals surface area contributed by atoms with Crippen molar-refractivity contribution in [2.75, 3.05) is 5.75 Å². The lowest BCUT2D eigenvalue weighted by Crippen LogP contribution is -2.32. The molecule has 0 spiro atoms. The predicted octanol–water partition coefficient (Wildman–Crippen LogP) is 2.81. The third kappa shape index (κ3) is 4.11. The molecule has 1 amide bonds. The Kier molecular flexibility index (Phi) is 5.63. The first kappa shape index (κ1) is 20.2. The van der Waals surface area contributed by atoms with Crippen molar-refractivity contribution >= 4 is 17.7 Å². The van der Waals surface area contributed by atoms with Crippen molar-refractivity contribution in [3.63, 3.8) is 0 Å². The van der Waals surface area contributed by atoms with Crippen LogP contribution in [-0.2, 0) is 11.3 Å². The van der Waals surface area contributed by atoms with Gasteiger partial charge in [0.15, 0.2) is 5.16 Å². The largest absolute Gasteiger partial charge is 0.350 e. The van der Waals surface area contributed by atoms with Gasteiger partial charge >= 0.3 is 0 Å². The summed E-state index contributed by atoms with van der Waals surface area (Å²) in [6.45, 7) is 3.81. The average molecular weight is 425 g/mol. The molecule has 0 radical (unpaired) electrons. The van der Waals surface area contributed by atoms with Crippen LogP contribution >= 0.6 is 11.8 Å². The van der Waals surface area contributed by atoms with Crippen LogP contribution in [0.4, 0.5) is 4.39 Å². The van der Waals surface area contributed by atoms with Crippen LogP contribution in [0.25, 0.3) is 11.3 Å². The molecule has 9 heteroatoms. The highest BCUT2D eigenvalue weighted by molar-refractivity contribution is 7.99. The summed E-state index contributed by atoms with van der Waals surface area (Å²) in [4.78, 5) is 37.9. The molecule has 0 saturated heterocycles. The summed E-state index contributed by atoms with van der Waals surface area (Å²) in [6, 6.07) is 7.57. The van der Waals surface area contributed by atoms with Gasteiger partial charge in [0.1, 0.15) is 12.1 Å². The SMILES string of the molecule is Cc1nc2n(c(=O)c1C)C(CC(=O)NCc1cc(-c3ccc(F)cc3)ncn1)CS2. The fourth-order valence-corrected chi connectivity index (χ4v) is 4.45. The molecule has 1 aromatic carbocycles. The summed E-state index contributed by atoms with van der Waals surface area (Å²) >= 11 is 1.49. The maximum atomic E-state index is 13.1. The van der Waals surface area contributed by atoms with Crippen LogP contribution in [0.2, 0.25) is 0 Å². The van der Waals surface area contributed by atoms with E-state index < -0.39 is 0 Å². The summed E-state index contributed by atoms with van der Waals surface area (Å²) in [5.74, 6) is 0.160. The number of rotatable bonds is 5. The minimum absolute atomic E-state index is 0.0833. The third-order valence-electron chi connectivity index (χ3n) is 5.07. The van der Waals surface area contributed by atoms with E-state index in [2.05, 4.69) is 20.3 Å². The third-order valence-corrected chi connectivity index (χ3v) is 6.17. The van der Waals surface area contributed by atoms with Gasteiger partial charge in [0.05, 0.1) is 24.0 Å². The van der Waals surface area contributed by atoms with Gasteiger partial charge in [-0.05, 0) is 44.2 Å². The topological polar surface area (TPSA) is 89.8 Å². The second-order valence-corrected chi connectivity index (χ2v) is 8.11. The number of nitrogens with one attached hydrogen (secondary N) is 1. The molecule has 30 heavy (non-hydrogen) atoms. The first-order valence-corrected chi connectivity index (χ1v) is 10.5. The highest BCUT2D eigenvalue weighted by Gasteiger charge is 2.28. The van der Waals surface area contributed by atoms with Crippen molar-refractivity contribution in [1.29, 1.82) is 0 Å². The molecular formula is C21H20FN5O2S. The molecule has 1 aliphatic heterocycles. The smallest absolute Gasteiger partial charge is 0.257 e.